The standard InChI is InChI=1S/C13H17F4N3O/c14-12(15)13(16,17)8-19-11(21)10-2-1-7-20(10)9-3-5-18-6-4-9/h1-2,7,9,12,18H,3-6,8H2,(H,19,21). The van der Waals surface area contributed by atoms with Crippen LogP contribution < -0.4 is 10.6 Å². The highest BCUT2D eigenvalue weighted by molar-refractivity contribution is 5.92. The van der Waals surface area contributed by atoms with Crippen molar-refractivity contribution in [2.24, 2.45) is 0 Å². The number of halogens is 4. The molecule has 2 heterocycles. The van der Waals surface area contributed by atoms with E-state index in [1.807, 2.05) is 5.32 Å². The van der Waals surface area contributed by atoms with E-state index in [0.717, 1.165) is 25.9 Å². The second-order valence-corrected chi connectivity index (χ2v) is 5.03. The lowest BCUT2D eigenvalue weighted by atomic mass is 10.1. The van der Waals surface area contributed by atoms with Gasteiger partial charge in [0.2, 0.25) is 0 Å². The molecule has 1 saturated heterocycles. The zero-order valence-corrected chi connectivity index (χ0v) is 11.3. The van der Waals surface area contributed by atoms with Gasteiger partial charge in [-0.1, -0.05) is 0 Å². The Balaban J connectivity index is 2.01. The van der Waals surface area contributed by atoms with E-state index in [2.05, 4.69) is 5.32 Å². The number of hydrogen-bond donors (Lipinski definition) is 2. The maximum Gasteiger partial charge on any atom is 0.324 e. The number of piperidine rings is 1. The van der Waals surface area contributed by atoms with E-state index < -0.39 is 24.8 Å². The smallest absolute Gasteiger partial charge is 0.324 e. The van der Waals surface area contributed by atoms with Crippen LogP contribution in [0.3, 0.4) is 0 Å². The monoisotopic (exact) mass is 307 g/mol. The summed E-state index contributed by atoms with van der Waals surface area (Å²) in [7, 11) is 0. The van der Waals surface area contributed by atoms with Gasteiger partial charge in [-0.3, -0.25) is 4.79 Å². The molecule has 1 aromatic heterocycles. The summed E-state index contributed by atoms with van der Waals surface area (Å²) in [6, 6.07) is 3.25. The Morgan fingerprint density at radius 3 is 2.71 bits per heavy atom. The molecule has 1 fully saturated rings. The van der Waals surface area contributed by atoms with E-state index in [0.29, 0.717) is 0 Å². The number of nitrogens with zero attached hydrogens (tertiary/aromatic N) is 1. The number of carbonyl (C=O) groups is 1. The first-order valence-electron chi connectivity index (χ1n) is 6.73. The Morgan fingerprint density at radius 2 is 2.10 bits per heavy atom. The second-order valence-electron chi connectivity index (χ2n) is 5.03. The van der Waals surface area contributed by atoms with Crippen LogP contribution in [0.4, 0.5) is 17.6 Å². The lowest BCUT2D eigenvalue weighted by Gasteiger charge is -2.26. The molecule has 0 aliphatic carbocycles. The summed E-state index contributed by atoms with van der Waals surface area (Å²) in [4.78, 5) is 11.9. The number of hydrogen-bond acceptors (Lipinski definition) is 2. The molecule has 8 heteroatoms. The van der Waals surface area contributed by atoms with Crippen molar-refractivity contribution in [3.63, 3.8) is 0 Å². The van der Waals surface area contributed by atoms with E-state index in [-0.39, 0.29) is 11.7 Å². The van der Waals surface area contributed by atoms with Crippen molar-refractivity contribution >= 4 is 5.91 Å². The fraction of sp³-hybridized carbons (Fsp3) is 0.615. The number of alkyl halides is 4. The Hall–Kier alpha value is -1.57. The Labute approximate surface area is 119 Å². The van der Waals surface area contributed by atoms with E-state index >= 15 is 0 Å². The largest absolute Gasteiger partial charge is 0.344 e. The van der Waals surface area contributed by atoms with Crippen molar-refractivity contribution in [2.45, 2.75) is 31.2 Å². The average molecular weight is 307 g/mol. The number of carbonyl (C=O) groups excluding carboxylic acids is 1. The van der Waals surface area contributed by atoms with Gasteiger partial charge in [0, 0.05) is 12.2 Å². The molecule has 1 amide bonds. The topological polar surface area (TPSA) is 46.1 Å². The van der Waals surface area contributed by atoms with E-state index in [9.17, 15) is 22.4 Å². The SMILES string of the molecule is O=C(NCC(F)(F)C(F)F)c1cccn1C1CCNCC1. The third-order valence-electron chi connectivity index (χ3n) is 3.52. The Kier molecular flexibility index (Phi) is 4.87. The van der Waals surface area contributed by atoms with Crippen molar-refractivity contribution in [1.29, 1.82) is 0 Å². The molecule has 118 valence electrons. The highest BCUT2D eigenvalue weighted by Gasteiger charge is 2.41. The zero-order valence-electron chi connectivity index (χ0n) is 11.3. The van der Waals surface area contributed by atoms with Crippen molar-refractivity contribution in [3.8, 4) is 0 Å². The molecule has 1 aliphatic rings. The highest BCUT2D eigenvalue weighted by atomic mass is 19.3. The number of aromatic nitrogens is 1. The molecule has 1 aromatic rings. The maximum atomic E-state index is 12.8. The molecule has 2 rings (SSSR count). The van der Waals surface area contributed by atoms with Gasteiger partial charge >= 0.3 is 12.3 Å². The third kappa shape index (κ3) is 3.75. The van der Waals surface area contributed by atoms with Crippen LogP contribution in [0.5, 0.6) is 0 Å². The van der Waals surface area contributed by atoms with Gasteiger partial charge in [-0.05, 0) is 38.1 Å². The van der Waals surface area contributed by atoms with E-state index in [4.69, 9.17) is 0 Å². The Bertz CT molecular complexity index is 484. The number of rotatable bonds is 5. The molecule has 21 heavy (non-hydrogen) atoms. The third-order valence-corrected chi connectivity index (χ3v) is 3.52. The molecule has 1 aliphatic heterocycles. The summed E-state index contributed by atoms with van der Waals surface area (Å²) in [5.74, 6) is -4.99. The summed E-state index contributed by atoms with van der Waals surface area (Å²) in [6.07, 6.45) is -0.450. The fourth-order valence-electron chi connectivity index (χ4n) is 2.36. The maximum absolute atomic E-state index is 12.8. The summed E-state index contributed by atoms with van der Waals surface area (Å²) in [5, 5.41) is 5.07. The van der Waals surface area contributed by atoms with Gasteiger partial charge in [-0.25, -0.2) is 8.78 Å². The second kappa shape index (κ2) is 6.46. The summed E-state index contributed by atoms with van der Waals surface area (Å²) in [5.41, 5.74) is 0.215. The molecule has 4 nitrogen and oxygen atoms in total. The minimum atomic E-state index is -4.22. The lowest BCUT2D eigenvalue weighted by molar-refractivity contribution is -0.123. The molecule has 0 saturated carbocycles. The van der Waals surface area contributed by atoms with Gasteiger partial charge in [-0.2, -0.15) is 8.78 Å². The van der Waals surface area contributed by atoms with Crippen LogP contribution in [-0.4, -0.2) is 42.5 Å². The minimum Gasteiger partial charge on any atom is -0.344 e. The first-order chi connectivity index (χ1) is 9.92. The van der Waals surface area contributed by atoms with E-state index in [1.54, 1.807) is 16.8 Å². The predicted molar refractivity (Wildman–Crippen MR) is 68.9 cm³/mol. The van der Waals surface area contributed by atoms with Crippen molar-refractivity contribution < 1.29 is 22.4 Å². The van der Waals surface area contributed by atoms with Crippen molar-refractivity contribution in [3.05, 3.63) is 24.0 Å². The first kappa shape index (κ1) is 15.8. The van der Waals surface area contributed by atoms with Crippen molar-refractivity contribution in [1.82, 2.24) is 15.2 Å². The van der Waals surface area contributed by atoms with Crippen LogP contribution in [-0.2, 0) is 0 Å². The summed E-state index contributed by atoms with van der Waals surface area (Å²) < 4.78 is 51.5. The van der Waals surface area contributed by atoms with Crippen LogP contribution in [0.2, 0.25) is 0 Å². The van der Waals surface area contributed by atoms with Gasteiger partial charge in [0.1, 0.15) is 5.69 Å². The molecule has 0 spiro atoms. The zero-order chi connectivity index (χ0) is 15.5. The molecule has 0 atom stereocenters. The molecular weight excluding hydrogens is 290 g/mol. The van der Waals surface area contributed by atoms with Crippen LogP contribution >= 0.6 is 0 Å². The minimum absolute atomic E-state index is 0.109. The van der Waals surface area contributed by atoms with Crippen LogP contribution in [0.15, 0.2) is 18.3 Å². The molecule has 2 N–H and O–H groups in total. The van der Waals surface area contributed by atoms with Gasteiger partial charge in [0.25, 0.3) is 5.91 Å². The molecule has 0 radical (unpaired) electrons. The first-order valence-corrected chi connectivity index (χ1v) is 6.73. The molecule has 0 bridgehead atoms. The van der Waals surface area contributed by atoms with Gasteiger partial charge in [0.15, 0.2) is 0 Å². The van der Waals surface area contributed by atoms with Crippen LogP contribution in [0.1, 0.15) is 29.4 Å². The normalized spacial score (nSPS) is 17.2. The molecule has 0 unspecified atom stereocenters. The highest BCUT2D eigenvalue weighted by Crippen LogP contribution is 2.23. The quantitative estimate of drug-likeness (QED) is 0.818. The predicted octanol–water partition coefficient (Wildman–Crippen LogP) is 2.04. The van der Waals surface area contributed by atoms with Gasteiger partial charge in [0.05, 0.1) is 6.54 Å². The summed E-state index contributed by atoms with van der Waals surface area (Å²) >= 11 is 0. The van der Waals surface area contributed by atoms with Gasteiger partial charge < -0.3 is 15.2 Å². The Morgan fingerprint density at radius 1 is 1.43 bits per heavy atom. The lowest BCUT2D eigenvalue weighted by Crippen LogP contribution is -2.42. The molecular formula is C13H17F4N3O. The van der Waals surface area contributed by atoms with Gasteiger partial charge in [-0.15, -0.1) is 0 Å². The summed E-state index contributed by atoms with van der Waals surface area (Å²) in [6.45, 7) is 0.252. The van der Waals surface area contributed by atoms with Crippen LogP contribution in [0, 0.1) is 0 Å². The number of nitrogens with one attached hydrogen (secondary N) is 2. The average Bonchev–Trinajstić information content (AvgIpc) is 2.95. The fourth-order valence-corrected chi connectivity index (χ4v) is 2.36. The van der Waals surface area contributed by atoms with E-state index in [1.165, 1.54) is 6.07 Å². The molecule has 0 aromatic carbocycles. The number of amides is 1. The van der Waals surface area contributed by atoms with Crippen LogP contribution in [0.25, 0.3) is 0 Å². The van der Waals surface area contributed by atoms with Crippen molar-refractivity contribution in [2.75, 3.05) is 19.6 Å².